The lowest BCUT2D eigenvalue weighted by Gasteiger charge is -2.31. The zero-order valence-corrected chi connectivity index (χ0v) is 19.9. The molecule has 5 heteroatoms. The summed E-state index contributed by atoms with van der Waals surface area (Å²) < 4.78 is 8.27. The number of carbonyl (C=O) groups is 1. The smallest absolute Gasteiger partial charge is 0.233 e. The number of nitrogens with zero attached hydrogens (tertiary/aromatic N) is 2. The number of amides is 1. The van der Waals surface area contributed by atoms with Gasteiger partial charge in [-0.05, 0) is 53.9 Å². The molecule has 172 valence electrons. The second-order valence-electron chi connectivity index (χ2n) is 8.41. The number of rotatable bonds is 7. The van der Waals surface area contributed by atoms with Crippen LogP contribution in [0.2, 0.25) is 0 Å². The number of hydrogen-bond donors (Lipinski definition) is 0. The summed E-state index contributed by atoms with van der Waals surface area (Å²) in [5, 5.41) is 0. The molecular weight excluding hydrogens is 440 g/mol. The van der Waals surface area contributed by atoms with Crippen molar-refractivity contribution in [1.82, 2.24) is 9.47 Å². The van der Waals surface area contributed by atoms with Gasteiger partial charge in [0.25, 0.3) is 0 Å². The zero-order valence-electron chi connectivity index (χ0n) is 19.0. The highest BCUT2D eigenvalue weighted by Gasteiger charge is 2.30. The Balaban J connectivity index is 1.35. The molecular formula is C29H28N2O2S. The third-order valence-corrected chi connectivity index (χ3v) is 7.12. The molecule has 0 aliphatic carbocycles. The van der Waals surface area contributed by atoms with E-state index in [0.717, 1.165) is 47.0 Å². The van der Waals surface area contributed by atoms with Crippen LogP contribution in [0.25, 0.3) is 0 Å². The second kappa shape index (κ2) is 10.7. The van der Waals surface area contributed by atoms with Gasteiger partial charge >= 0.3 is 0 Å². The topological polar surface area (TPSA) is 34.5 Å². The van der Waals surface area contributed by atoms with Crippen LogP contribution in [0.15, 0.2) is 108 Å². The van der Waals surface area contributed by atoms with Gasteiger partial charge in [0.2, 0.25) is 5.91 Å². The van der Waals surface area contributed by atoms with Gasteiger partial charge < -0.3 is 14.2 Å². The highest BCUT2D eigenvalue weighted by molar-refractivity contribution is 8.00. The Morgan fingerprint density at radius 1 is 0.853 bits per heavy atom. The fraction of sp³-hybridized carbons (Fsp3) is 0.207. The Hall–Kier alpha value is -3.44. The van der Waals surface area contributed by atoms with Crippen molar-refractivity contribution in [2.24, 2.45) is 0 Å². The molecule has 1 amide bonds. The molecule has 4 nitrogen and oxygen atoms in total. The predicted octanol–water partition coefficient (Wildman–Crippen LogP) is 6.18. The molecule has 0 fully saturated rings. The third-order valence-electron chi connectivity index (χ3n) is 6.12. The van der Waals surface area contributed by atoms with E-state index in [1.54, 1.807) is 11.8 Å². The standard InChI is InChI=1S/C29H28N2O2S/c32-28(22-34-26-11-5-2-6-12-26)31-20-8-19-30-18-7-13-27(30)29(31)24-14-16-25(17-15-24)33-21-23-9-3-1-4-10-23/h1-7,9-18,29H,8,19-22H2. The van der Waals surface area contributed by atoms with Crippen LogP contribution >= 0.6 is 11.8 Å². The normalized spacial score (nSPS) is 15.4. The maximum atomic E-state index is 13.4. The quantitative estimate of drug-likeness (QED) is 0.304. The first-order valence-electron chi connectivity index (χ1n) is 11.7. The molecule has 0 radical (unpaired) electrons. The van der Waals surface area contributed by atoms with Crippen LogP contribution in [0, 0.1) is 0 Å². The molecule has 5 rings (SSSR count). The molecule has 4 aromatic rings. The molecule has 34 heavy (non-hydrogen) atoms. The predicted molar refractivity (Wildman–Crippen MR) is 137 cm³/mol. The van der Waals surface area contributed by atoms with Gasteiger partial charge in [0.05, 0.1) is 11.8 Å². The van der Waals surface area contributed by atoms with Crippen molar-refractivity contribution in [3.63, 3.8) is 0 Å². The molecule has 0 spiro atoms. The highest BCUT2D eigenvalue weighted by Crippen LogP contribution is 2.34. The summed E-state index contributed by atoms with van der Waals surface area (Å²) in [4.78, 5) is 16.6. The fourth-order valence-corrected chi connectivity index (χ4v) is 5.24. The number of benzene rings is 3. The van der Waals surface area contributed by atoms with Crippen molar-refractivity contribution in [3.05, 3.63) is 120 Å². The summed E-state index contributed by atoms with van der Waals surface area (Å²) >= 11 is 1.60. The Morgan fingerprint density at radius 3 is 2.35 bits per heavy atom. The van der Waals surface area contributed by atoms with Gasteiger partial charge in [-0.25, -0.2) is 0 Å². The molecule has 2 heterocycles. The van der Waals surface area contributed by atoms with E-state index in [-0.39, 0.29) is 11.9 Å². The number of aryl methyl sites for hydroxylation is 1. The first-order chi connectivity index (χ1) is 16.8. The van der Waals surface area contributed by atoms with Gasteiger partial charge in [0, 0.05) is 29.9 Å². The largest absolute Gasteiger partial charge is 0.489 e. The SMILES string of the molecule is O=C(CSc1ccccc1)N1CCCn2cccc2C1c1ccc(OCc2ccccc2)cc1. The molecule has 1 aromatic heterocycles. The average molecular weight is 469 g/mol. The number of fused-ring (bicyclic) bond motifs is 1. The van der Waals surface area contributed by atoms with E-state index >= 15 is 0 Å². The second-order valence-corrected chi connectivity index (χ2v) is 9.46. The van der Waals surface area contributed by atoms with Gasteiger partial charge in [-0.15, -0.1) is 11.8 Å². The van der Waals surface area contributed by atoms with Gasteiger partial charge in [-0.3, -0.25) is 4.79 Å². The number of aromatic nitrogens is 1. The van der Waals surface area contributed by atoms with Crippen LogP contribution in [0.3, 0.4) is 0 Å². The van der Waals surface area contributed by atoms with E-state index in [1.807, 2.05) is 48.5 Å². The third kappa shape index (κ3) is 5.20. The van der Waals surface area contributed by atoms with E-state index in [2.05, 4.69) is 64.2 Å². The van der Waals surface area contributed by atoms with Crippen LogP contribution in [0.5, 0.6) is 5.75 Å². The van der Waals surface area contributed by atoms with Gasteiger partial charge in [-0.1, -0.05) is 60.7 Å². The molecule has 0 saturated carbocycles. The van der Waals surface area contributed by atoms with Crippen LogP contribution in [0.1, 0.15) is 29.3 Å². The molecule has 0 N–H and O–H groups in total. The van der Waals surface area contributed by atoms with E-state index in [0.29, 0.717) is 12.4 Å². The molecule has 1 atom stereocenters. The van der Waals surface area contributed by atoms with Crippen molar-refractivity contribution in [1.29, 1.82) is 0 Å². The summed E-state index contributed by atoms with van der Waals surface area (Å²) in [7, 11) is 0. The average Bonchev–Trinajstić information content (AvgIpc) is 3.27. The molecule has 0 saturated heterocycles. The number of carbonyl (C=O) groups excluding carboxylic acids is 1. The minimum atomic E-state index is -0.107. The molecule has 0 bridgehead atoms. The zero-order chi connectivity index (χ0) is 23.2. The summed E-state index contributed by atoms with van der Waals surface area (Å²) in [5.41, 5.74) is 3.40. The first kappa shape index (κ1) is 22.4. The molecule has 1 aliphatic heterocycles. The van der Waals surface area contributed by atoms with E-state index < -0.39 is 0 Å². The van der Waals surface area contributed by atoms with Gasteiger partial charge in [0.15, 0.2) is 0 Å². The maximum absolute atomic E-state index is 13.4. The fourth-order valence-electron chi connectivity index (χ4n) is 4.43. The van der Waals surface area contributed by atoms with E-state index in [4.69, 9.17) is 4.74 Å². The minimum absolute atomic E-state index is 0.107. The Morgan fingerprint density at radius 2 is 1.59 bits per heavy atom. The molecule has 1 unspecified atom stereocenters. The summed E-state index contributed by atoms with van der Waals surface area (Å²) in [6.45, 7) is 2.20. The first-order valence-corrected chi connectivity index (χ1v) is 12.7. The Bertz CT molecular complexity index is 1210. The Kier molecular flexibility index (Phi) is 7.01. The van der Waals surface area contributed by atoms with Crippen LogP contribution in [0.4, 0.5) is 0 Å². The maximum Gasteiger partial charge on any atom is 0.233 e. The summed E-state index contributed by atoms with van der Waals surface area (Å²) in [6.07, 6.45) is 3.06. The molecule has 1 aliphatic rings. The van der Waals surface area contributed by atoms with Gasteiger partial charge in [0.1, 0.15) is 12.4 Å². The van der Waals surface area contributed by atoms with Crippen molar-refractivity contribution in [2.75, 3.05) is 12.3 Å². The highest BCUT2D eigenvalue weighted by atomic mass is 32.2. The van der Waals surface area contributed by atoms with Crippen LogP contribution in [-0.2, 0) is 17.9 Å². The van der Waals surface area contributed by atoms with Crippen LogP contribution in [-0.4, -0.2) is 27.7 Å². The van der Waals surface area contributed by atoms with Crippen LogP contribution < -0.4 is 4.74 Å². The van der Waals surface area contributed by atoms with Crippen molar-refractivity contribution in [2.45, 2.75) is 30.5 Å². The number of thioether (sulfide) groups is 1. The van der Waals surface area contributed by atoms with Crippen molar-refractivity contribution in [3.8, 4) is 5.75 Å². The van der Waals surface area contributed by atoms with Gasteiger partial charge in [-0.2, -0.15) is 0 Å². The van der Waals surface area contributed by atoms with Crippen molar-refractivity contribution < 1.29 is 9.53 Å². The minimum Gasteiger partial charge on any atom is -0.489 e. The summed E-state index contributed by atoms with van der Waals surface area (Å²) in [6, 6.07) is 32.6. The summed E-state index contributed by atoms with van der Waals surface area (Å²) in [5.74, 6) is 1.42. The lowest BCUT2D eigenvalue weighted by atomic mass is 10.0. The van der Waals surface area contributed by atoms with E-state index in [9.17, 15) is 4.79 Å². The molecule has 3 aromatic carbocycles. The number of ether oxygens (including phenoxy) is 1. The lowest BCUT2D eigenvalue weighted by molar-refractivity contribution is -0.130. The monoisotopic (exact) mass is 468 g/mol. The van der Waals surface area contributed by atoms with Crippen molar-refractivity contribution >= 4 is 17.7 Å². The lowest BCUT2D eigenvalue weighted by Crippen LogP contribution is -2.37. The Labute approximate surface area is 205 Å². The van der Waals surface area contributed by atoms with E-state index in [1.165, 1.54) is 0 Å². The number of hydrogen-bond acceptors (Lipinski definition) is 3.